The second-order valence-electron chi connectivity index (χ2n) is 4.37. The minimum atomic E-state index is -0.0882. The molecule has 2 N–H and O–H groups in total. The third kappa shape index (κ3) is 1.81. The van der Waals surface area contributed by atoms with Gasteiger partial charge in [0.25, 0.3) is 5.91 Å². The second kappa shape index (κ2) is 4.31. The number of hydrogen-bond donors (Lipinski definition) is 1. The molecule has 0 atom stereocenters. The number of amides is 1. The van der Waals surface area contributed by atoms with E-state index < -0.39 is 0 Å². The van der Waals surface area contributed by atoms with Gasteiger partial charge in [0.05, 0.1) is 11.3 Å². The van der Waals surface area contributed by atoms with Crippen LogP contribution in [0, 0.1) is 0 Å². The largest absolute Gasteiger partial charge is 0.454 e. The van der Waals surface area contributed by atoms with Crippen LogP contribution in [-0.4, -0.2) is 12.5 Å². The summed E-state index contributed by atoms with van der Waals surface area (Å²) in [5.41, 5.74) is 7.59. The highest BCUT2D eigenvalue weighted by Crippen LogP contribution is 2.38. The van der Waals surface area contributed by atoms with Crippen molar-refractivity contribution in [1.29, 1.82) is 0 Å². The Hall–Kier alpha value is -2.49. The first kappa shape index (κ1) is 11.6. The van der Waals surface area contributed by atoms with Gasteiger partial charge in [0.2, 0.25) is 0 Å². The van der Waals surface area contributed by atoms with E-state index in [9.17, 15) is 4.79 Å². The molecule has 96 valence electrons. The Kier molecular flexibility index (Phi) is 2.63. The highest BCUT2D eigenvalue weighted by Gasteiger charge is 2.26. The zero-order valence-electron chi connectivity index (χ0n) is 10.6. The summed E-state index contributed by atoms with van der Waals surface area (Å²) in [5.74, 6) is 1.14. The van der Waals surface area contributed by atoms with E-state index in [1.165, 1.54) is 0 Å². The fourth-order valence-corrected chi connectivity index (χ4v) is 2.26. The molecule has 2 aromatic rings. The van der Waals surface area contributed by atoms with Crippen LogP contribution in [-0.2, 0) is 0 Å². The number of nitrogens with zero attached hydrogens (tertiary/aromatic N) is 1. The van der Waals surface area contributed by atoms with E-state index in [-0.39, 0.29) is 5.91 Å². The van der Waals surface area contributed by atoms with Gasteiger partial charge in [-0.25, -0.2) is 0 Å². The molecule has 4 heteroatoms. The number of anilines is 2. The van der Waals surface area contributed by atoms with E-state index in [4.69, 9.17) is 10.5 Å². The summed E-state index contributed by atoms with van der Waals surface area (Å²) < 4.78 is 5.84. The molecule has 0 aliphatic carbocycles. The molecule has 1 heterocycles. The third-order valence-corrected chi connectivity index (χ3v) is 3.17. The summed E-state index contributed by atoms with van der Waals surface area (Å²) in [6.45, 7) is 2.51. The fourth-order valence-electron chi connectivity index (χ4n) is 2.26. The maximum absolute atomic E-state index is 12.6. The Labute approximate surface area is 111 Å². The van der Waals surface area contributed by atoms with Gasteiger partial charge in [0.1, 0.15) is 5.75 Å². The van der Waals surface area contributed by atoms with Gasteiger partial charge < -0.3 is 15.4 Å². The summed E-state index contributed by atoms with van der Waals surface area (Å²) >= 11 is 0. The molecule has 0 saturated carbocycles. The van der Waals surface area contributed by atoms with Gasteiger partial charge in [-0.05, 0) is 37.3 Å². The molecule has 0 saturated heterocycles. The fraction of sp³-hybridized carbons (Fsp3) is 0.133. The van der Waals surface area contributed by atoms with Crippen LogP contribution in [0.3, 0.4) is 0 Å². The van der Waals surface area contributed by atoms with Gasteiger partial charge in [-0.1, -0.05) is 12.1 Å². The van der Waals surface area contributed by atoms with Gasteiger partial charge in [-0.3, -0.25) is 4.79 Å². The third-order valence-electron chi connectivity index (χ3n) is 3.17. The molecular formula is C15H14N2O2. The SMILES string of the molecule is CCN1C(=O)c2cc(N)ccc2Oc2ccccc21. The van der Waals surface area contributed by atoms with Crippen molar-refractivity contribution in [2.75, 3.05) is 17.2 Å². The number of hydrogen-bond acceptors (Lipinski definition) is 3. The predicted molar refractivity (Wildman–Crippen MR) is 74.7 cm³/mol. The van der Waals surface area contributed by atoms with Gasteiger partial charge >= 0.3 is 0 Å². The first-order valence-electron chi connectivity index (χ1n) is 6.19. The van der Waals surface area contributed by atoms with Crippen molar-refractivity contribution in [1.82, 2.24) is 0 Å². The molecule has 4 nitrogen and oxygen atoms in total. The predicted octanol–water partition coefficient (Wildman–Crippen LogP) is 3.04. The van der Waals surface area contributed by atoms with Crippen molar-refractivity contribution in [3.8, 4) is 11.5 Å². The lowest BCUT2D eigenvalue weighted by atomic mass is 10.1. The normalized spacial score (nSPS) is 13.3. The molecule has 3 rings (SSSR count). The number of carbonyl (C=O) groups is 1. The number of para-hydroxylation sites is 2. The van der Waals surface area contributed by atoms with Crippen LogP contribution in [0.15, 0.2) is 42.5 Å². The first-order valence-corrected chi connectivity index (χ1v) is 6.19. The summed E-state index contributed by atoms with van der Waals surface area (Å²) in [7, 11) is 0. The molecule has 0 fully saturated rings. The monoisotopic (exact) mass is 254 g/mol. The Morgan fingerprint density at radius 2 is 1.95 bits per heavy atom. The van der Waals surface area contributed by atoms with Gasteiger partial charge in [0, 0.05) is 12.2 Å². The van der Waals surface area contributed by atoms with Crippen molar-refractivity contribution in [2.45, 2.75) is 6.92 Å². The first-order chi connectivity index (χ1) is 9.20. The van der Waals surface area contributed by atoms with Crippen LogP contribution >= 0.6 is 0 Å². The Morgan fingerprint density at radius 3 is 2.74 bits per heavy atom. The number of nitrogen functional groups attached to an aromatic ring is 1. The molecule has 1 amide bonds. The number of benzene rings is 2. The zero-order valence-corrected chi connectivity index (χ0v) is 10.6. The van der Waals surface area contributed by atoms with Gasteiger partial charge in [0.15, 0.2) is 5.75 Å². The smallest absolute Gasteiger partial charge is 0.262 e. The minimum Gasteiger partial charge on any atom is -0.454 e. The van der Waals surface area contributed by atoms with Crippen LogP contribution in [0.5, 0.6) is 11.5 Å². The van der Waals surface area contributed by atoms with Crippen LogP contribution < -0.4 is 15.4 Å². The number of carbonyl (C=O) groups excluding carboxylic acids is 1. The van der Waals surface area contributed by atoms with E-state index in [0.717, 1.165) is 5.69 Å². The van der Waals surface area contributed by atoms with E-state index >= 15 is 0 Å². The Bertz CT molecular complexity index is 652. The maximum Gasteiger partial charge on any atom is 0.262 e. The number of ether oxygens (including phenoxy) is 1. The van der Waals surface area contributed by atoms with E-state index in [1.807, 2.05) is 31.2 Å². The summed E-state index contributed by atoms with van der Waals surface area (Å²) in [5, 5.41) is 0. The Morgan fingerprint density at radius 1 is 1.16 bits per heavy atom. The van der Waals surface area contributed by atoms with E-state index in [0.29, 0.717) is 29.3 Å². The lowest BCUT2D eigenvalue weighted by Crippen LogP contribution is -2.29. The topological polar surface area (TPSA) is 55.6 Å². The lowest BCUT2D eigenvalue weighted by molar-refractivity contribution is 0.0988. The highest BCUT2D eigenvalue weighted by atomic mass is 16.5. The minimum absolute atomic E-state index is 0.0882. The van der Waals surface area contributed by atoms with Crippen LogP contribution in [0.1, 0.15) is 17.3 Å². The lowest BCUT2D eigenvalue weighted by Gasteiger charge is -2.19. The molecule has 0 aromatic heterocycles. The van der Waals surface area contributed by atoms with E-state index in [1.54, 1.807) is 23.1 Å². The Balaban J connectivity index is 2.23. The summed E-state index contributed by atoms with van der Waals surface area (Å²) in [6.07, 6.45) is 0. The van der Waals surface area contributed by atoms with Crippen LogP contribution in [0.4, 0.5) is 11.4 Å². The second-order valence-corrected chi connectivity index (χ2v) is 4.37. The zero-order chi connectivity index (χ0) is 13.4. The molecule has 1 aliphatic rings. The standard InChI is InChI=1S/C15H14N2O2/c1-2-17-12-5-3-4-6-14(12)19-13-8-7-10(16)9-11(13)15(17)18/h3-9H,2,16H2,1H3. The molecule has 0 spiro atoms. The average molecular weight is 254 g/mol. The highest BCUT2D eigenvalue weighted by molar-refractivity contribution is 6.10. The molecule has 19 heavy (non-hydrogen) atoms. The van der Waals surface area contributed by atoms with Crippen molar-refractivity contribution in [3.05, 3.63) is 48.0 Å². The van der Waals surface area contributed by atoms with Crippen LogP contribution in [0.2, 0.25) is 0 Å². The number of fused-ring (bicyclic) bond motifs is 2. The summed E-state index contributed by atoms with van der Waals surface area (Å²) in [6, 6.07) is 12.6. The molecular weight excluding hydrogens is 240 g/mol. The number of rotatable bonds is 1. The molecule has 0 bridgehead atoms. The molecule has 1 aliphatic heterocycles. The maximum atomic E-state index is 12.6. The number of nitrogens with two attached hydrogens (primary N) is 1. The summed E-state index contributed by atoms with van der Waals surface area (Å²) in [4.78, 5) is 14.3. The van der Waals surface area contributed by atoms with Gasteiger partial charge in [-0.2, -0.15) is 0 Å². The average Bonchev–Trinajstić information content (AvgIpc) is 2.53. The van der Waals surface area contributed by atoms with Crippen molar-refractivity contribution >= 4 is 17.3 Å². The molecule has 2 aromatic carbocycles. The van der Waals surface area contributed by atoms with Gasteiger partial charge in [-0.15, -0.1) is 0 Å². The molecule has 0 unspecified atom stereocenters. The van der Waals surface area contributed by atoms with Crippen molar-refractivity contribution in [3.63, 3.8) is 0 Å². The van der Waals surface area contributed by atoms with E-state index in [2.05, 4.69) is 0 Å². The van der Waals surface area contributed by atoms with Crippen molar-refractivity contribution in [2.24, 2.45) is 0 Å². The molecule has 0 radical (unpaired) electrons. The van der Waals surface area contributed by atoms with Crippen LogP contribution in [0.25, 0.3) is 0 Å². The van der Waals surface area contributed by atoms with Crippen molar-refractivity contribution < 1.29 is 9.53 Å². The quantitative estimate of drug-likeness (QED) is 0.796.